The van der Waals surface area contributed by atoms with E-state index >= 15 is 0 Å². The fourth-order valence-electron chi connectivity index (χ4n) is 2.33. The maximum Gasteiger partial charge on any atom is 0.327 e. The summed E-state index contributed by atoms with van der Waals surface area (Å²) in [4.78, 5) is 24.3. The highest BCUT2D eigenvalue weighted by atomic mass is 32.2. The number of aromatic hydroxyl groups is 1. The van der Waals surface area contributed by atoms with Crippen LogP contribution in [0.1, 0.15) is 24.8 Å². The van der Waals surface area contributed by atoms with Crippen LogP contribution < -0.4 is 4.74 Å². The SMILES string of the molecule is CCOc1cccc([C@H]2SC[C@@H](C(=O)O)N2C(C)=O)c1O. The van der Waals surface area contributed by atoms with E-state index in [1.54, 1.807) is 25.1 Å². The lowest BCUT2D eigenvalue weighted by atomic mass is 10.1. The Kier molecular flexibility index (Phi) is 4.62. The lowest BCUT2D eigenvalue weighted by Gasteiger charge is -2.27. The van der Waals surface area contributed by atoms with Crippen LogP contribution in [0.2, 0.25) is 0 Å². The van der Waals surface area contributed by atoms with E-state index in [-0.39, 0.29) is 17.4 Å². The molecule has 0 bridgehead atoms. The number of carbonyl (C=O) groups excluding carboxylic acids is 1. The van der Waals surface area contributed by atoms with E-state index in [1.807, 2.05) is 0 Å². The summed E-state index contributed by atoms with van der Waals surface area (Å²) in [7, 11) is 0. The van der Waals surface area contributed by atoms with Gasteiger partial charge in [0.2, 0.25) is 5.91 Å². The van der Waals surface area contributed by atoms with Crippen molar-refractivity contribution in [3.63, 3.8) is 0 Å². The Balaban J connectivity index is 2.39. The fraction of sp³-hybridized carbons (Fsp3) is 0.429. The average Bonchev–Trinajstić information content (AvgIpc) is 2.86. The predicted octanol–water partition coefficient (Wildman–Crippen LogP) is 1.84. The van der Waals surface area contributed by atoms with Crippen LogP contribution in [0, 0.1) is 0 Å². The van der Waals surface area contributed by atoms with Crippen molar-refractivity contribution in [2.24, 2.45) is 0 Å². The van der Waals surface area contributed by atoms with Gasteiger partial charge in [-0.15, -0.1) is 11.8 Å². The number of thioether (sulfide) groups is 1. The minimum absolute atomic E-state index is 0.0471. The number of hydrogen-bond acceptors (Lipinski definition) is 5. The number of nitrogens with zero attached hydrogens (tertiary/aromatic N) is 1. The van der Waals surface area contributed by atoms with Gasteiger partial charge in [-0.05, 0) is 13.0 Å². The van der Waals surface area contributed by atoms with Gasteiger partial charge in [0.1, 0.15) is 11.4 Å². The molecule has 2 atom stereocenters. The van der Waals surface area contributed by atoms with Crippen molar-refractivity contribution in [3.8, 4) is 11.5 Å². The van der Waals surface area contributed by atoms with Crippen molar-refractivity contribution < 1.29 is 24.5 Å². The monoisotopic (exact) mass is 311 g/mol. The predicted molar refractivity (Wildman–Crippen MR) is 78.4 cm³/mol. The largest absolute Gasteiger partial charge is 0.504 e. The molecule has 2 N–H and O–H groups in total. The highest BCUT2D eigenvalue weighted by molar-refractivity contribution is 7.99. The number of benzene rings is 1. The maximum absolute atomic E-state index is 11.8. The summed E-state index contributed by atoms with van der Waals surface area (Å²) in [5.74, 6) is -0.802. The van der Waals surface area contributed by atoms with E-state index < -0.39 is 17.4 Å². The molecule has 6 nitrogen and oxygen atoms in total. The first-order valence-electron chi connectivity index (χ1n) is 6.55. The van der Waals surface area contributed by atoms with Crippen LogP contribution in [0.25, 0.3) is 0 Å². The molecule has 0 unspecified atom stereocenters. The standard InChI is InChI=1S/C14H17NO5S/c1-3-20-11-6-4-5-9(12(11)17)13-15(8(2)16)10(7-21-13)14(18)19/h4-6,10,13,17H,3,7H2,1-2H3,(H,18,19)/t10-,13+/m0/s1. The number of carbonyl (C=O) groups is 2. The zero-order chi connectivity index (χ0) is 15.6. The van der Waals surface area contributed by atoms with E-state index in [1.165, 1.54) is 23.6 Å². The summed E-state index contributed by atoms with van der Waals surface area (Å²) < 4.78 is 5.33. The third-order valence-corrected chi connectivity index (χ3v) is 4.55. The Morgan fingerprint density at radius 2 is 2.19 bits per heavy atom. The molecule has 0 spiro atoms. The van der Waals surface area contributed by atoms with E-state index in [0.29, 0.717) is 17.9 Å². The van der Waals surface area contributed by atoms with Crippen molar-refractivity contribution in [2.45, 2.75) is 25.3 Å². The number of ether oxygens (including phenoxy) is 1. The molecule has 1 aromatic carbocycles. The molecular weight excluding hydrogens is 294 g/mol. The molecule has 2 rings (SSSR count). The van der Waals surface area contributed by atoms with Gasteiger partial charge in [0, 0.05) is 18.2 Å². The molecule has 1 aliphatic heterocycles. The Hall–Kier alpha value is -1.89. The Morgan fingerprint density at radius 3 is 2.76 bits per heavy atom. The molecule has 7 heteroatoms. The first kappa shape index (κ1) is 15.5. The van der Waals surface area contributed by atoms with Gasteiger partial charge in [-0.2, -0.15) is 0 Å². The molecule has 1 heterocycles. The molecule has 1 amide bonds. The first-order valence-corrected chi connectivity index (χ1v) is 7.60. The van der Waals surface area contributed by atoms with Gasteiger partial charge in [-0.3, -0.25) is 4.79 Å². The maximum atomic E-state index is 11.8. The quantitative estimate of drug-likeness (QED) is 0.882. The van der Waals surface area contributed by atoms with Crippen LogP contribution >= 0.6 is 11.8 Å². The summed E-state index contributed by atoms with van der Waals surface area (Å²) in [5, 5.41) is 19.0. The van der Waals surface area contributed by atoms with Crippen LogP contribution in [0.5, 0.6) is 11.5 Å². The summed E-state index contributed by atoms with van der Waals surface area (Å²) in [6, 6.07) is 4.14. The van der Waals surface area contributed by atoms with Crippen molar-refractivity contribution in [2.75, 3.05) is 12.4 Å². The van der Waals surface area contributed by atoms with Crippen LogP contribution in [0.3, 0.4) is 0 Å². The van der Waals surface area contributed by atoms with E-state index in [4.69, 9.17) is 4.74 Å². The third-order valence-electron chi connectivity index (χ3n) is 3.25. The lowest BCUT2D eigenvalue weighted by molar-refractivity contribution is -0.148. The number of carboxylic acids is 1. The Morgan fingerprint density at radius 1 is 1.48 bits per heavy atom. The van der Waals surface area contributed by atoms with Crippen LogP contribution in [-0.2, 0) is 9.59 Å². The number of phenols is 1. The summed E-state index contributed by atoms with van der Waals surface area (Å²) in [6.45, 7) is 3.54. The van der Waals surface area contributed by atoms with Gasteiger partial charge in [0.15, 0.2) is 11.5 Å². The molecule has 1 aliphatic rings. The molecule has 1 aromatic rings. The van der Waals surface area contributed by atoms with Crippen LogP contribution in [0.15, 0.2) is 18.2 Å². The Labute approximate surface area is 126 Å². The number of carboxylic acid groups (broad SMARTS) is 1. The van der Waals surface area contributed by atoms with E-state index in [9.17, 15) is 19.8 Å². The number of para-hydroxylation sites is 1. The molecule has 0 saturated carbocycles. The van der Waals surface area contributed by atoms with Gasteiger partial charge < -0.3 is 19.8 Å². The van der Waals surface area contributed by atoms with Crippen molar-refractivity contribution in [3.05, 3.63) is 23.8 Å². The van der Waals surface area contributed by atoms with E-state index in [2.05, 4.69) is 0 Å². The molecule has 0 aliphatic carbocycles. The molecule has 114 valence electrons. The second-order valence-electron chi connectivity index (χ2n) is 4.59. The van der Waals surface area contributed by atoms with Gasteiger partial charge >= 0.3 is 5.97 Å². The first-order chi connectivity index (χ1) is 9.97. The normalized spacial score (nSPS) is 21.3. The lowest BCUT2D eigenvalue weighted by Crippen LogP contribution is -2.41. The van der Waals surface area contributed by atoms with Crippen molar-refractivity contribution in [1.29, 1.82) is 0 Å². The number of phenolic OH excluding ortho intramolecular Hbond substituents is 1. The highest BCUT2D eigenvalue weighted by Crippen LogP contribution is 2.46. The van der Waals surface area contributed by atoms with Crippen molar-refractivity contribution >= 4 is 23.6 Å². The second-order valence-corrected chi connectivity index (χ2v) is 5.71. The molecular formula is C14H17NO5S. The average molecular weight is 311 g/mol. The minimum atomic E-state index is -1.04. The number of rotatable bonds is 4. The highest BCUT2D eigenvalue weighted by Gasteiger charge is 2.42. The number of amides is 1. The molecule has 1 saturated heterocycles. The number of hydrogen-bond donors (Lipinski definition) is 2. The van der Waals surface area contributed by atoms with Crippen molar-refractivity contribution in [1.82, 2.24) is 4.90 Å². The topological polar surface area (TPSA) is 87.1 Å². The molecule has 0 aromatic heterocycles. The molecule has 21 heavy (non-hydrogen) atoms. The second kappa shape index (κ2) is 6.26. The third kappa shape index (κ3) is 2.92. The Bertz CT molecular complexity index is 562. The summed E-state index contributed by atoms with van der Waals surface area (Å²) >= 11 is 1.32. The summed E-state index contributed by atoms with van der Waals surface area (Å²) in [5.41, 5.74) is 0.491. The fourth-order valence-corrected chi connectivity index (χ4v) is 3.82. The van der Waals surface area contributed by atoms with Gasteiger partial charge in [0.05, 0.1) is 6.61 Å². The smallest absolute Gasteiger partial charge is 0.327 e. The molecule has 1 fully saturated rings. The van der Waals surface area contributed by atoms with Gasteiger partial charge in [-0.1, -0.05) is 12.1 Å². The van der Waals surface area contributed by atoms with Crippen LogP contribution in [0.4, 0.5) is 0 Å². The van der Waals surface area contributed by atoms with E-state index in [0.717, 1.165) is 0 Å². The summed E-state index contributed by atoms with van der Waals surface area (Å²) in [6.07, 6.45) is 0. The van der Waals surface area contributed by atoms with Gasteiger partial charge in [0.25, 0.3) is 0 Å². The minimum Gasteiger partial charge on any atom is -0.504 e. The zero-order valence-electron chi connectivity index (χ0n) is 11.8. The molecule has 0 radical (unpaired) electrons. The zero-order valence-corrected chi connectivity index (χ0v) is 12.6. The number of aliphatic carboxylic acids is 1. The van der Waals surface area contributed by atoms with Gasteiger partial charge in [-0.25, -0.2) is 4.79 Å². The van der Waals surface area contributed by atoms with Crippen LogP contribution in [-0.4, -0.2) is 45.4 Å².